The van der Waals surface area contributed by atoms with Crippen LogP contribution in [0.15, 0.2) is 24.3 Å². The monoisotopic (exact) mass is 285 g/mol. The van der Waals surface area contributed by atoms with E-state index in [0.29, 0.717) is 24.6 Å². The summed E-state index contributed by atoms with van der Waals surface area (Å²) in [5.74, 6) is 0.102. The number of carbonyl (C=O) groups excluding carboxylic acids is 1. The molecule has 21 heavy (non-hydrogen) atoms. The lowest BCUT2D eigenvalue weighted by Crippen LogP contribution is -2.32. The zero-order valence-corrected chi connectivity index (χ0v) is 12.6. The highest BCUT2D eigenvalue weighted by Crippen LogP contribution is 2.14. The normalized spacial score (nSPS) is 16.4. The summed E-state index contributed by atoms with van der Waals surface area (Å²) in [6, 6.07) is 9.89. The Morgan fingerprint density at radius 1 is 1.33 bits per heavy atom. The second kappa shape index (κ2) is 7.80. The smallest absolute Gasteiger partial charge is 0.220 e. The van der Waals surface area contributed by atoms with Crippen LogP contribution in [-0.4, -0.2) is 29.9 Å². The van der Waals surface area contributed by atoms with Crippen LogP contribution in [0.4, 0.5) is 0 Å². The number of benzene rings is 1. The van der Waals surface area contributed by atoms with Crippen LogP contribution in [0.1, 0.15) is 43.7 Å². The van der Waals surface area contributed by atoms with Crippen LogP contribution in [-0.2, 0) is 11.3 Å². The third-order valence-corrected chi connectivity index (χ3v) is 4.13. The third-order valence-electron chi connectivity index (χ3n) is 4.13. The molecule has 1 aliphatic heterocycles. The molecule has 1 saturated heterocycles. The number of nitrogens with zero attached hydrogens (tertiary/aromatic N) is 2. The van der Waals surface area contributed by atoms with E-state index in [2.05, 4.69) is 23.2 Å². The number of nitrogens with one attached hydrogen (secondary N) is 1. The Balaban J connectivity index is 1.68. The van der Waals surface area contributed by atoms with Crippen molar-refractivity contribution in [3.05, 3.63) is 35.4 Å². The molecule has 0 spiro atoms. The first-order valence-electron chi connectivity index (χ1n) is 7.69. The minimum Gasteiger partial charge on any atom is -0.352 e. The summed E-state index contributed by atoms with van der Waals surface area (Å²) in [6.07, 6.45) is 4.07. The summed E-state index contributed by atoms with van der Waals surface area (Å²) in [5, 5.41) is 11.7. The van der Waals surface area contributed by atoms with Crippen LogP contribution in [0.2, 0.25) is 0 Å². The van der Waals surface area contributed by atoms with Crippen LogP contribution in [0.3, 0.4) is 0 Å². The average molecular weight is 285 g/mol. The fourth-order valence-electron chi connectivity index (χ4n) is 2.69. The molecule has 1 aromatic carbocycles. The molecular weight excluding hydrogens is 262 g/mol. The number of hydrogen-bond acceptors (Lipinski definition) is 3. The second-order valence-electron chi connectivity index (χ2n) is 5.72. The predicted molar refractivity (Wildman–Crippen MR) is 82.5 cm³/mol. The van der Waals surface area contributed by atoms with Gasteiger partial charge in [0.05, 0.1) is 11.6 Å². The molecule has 1 aromatic rings. The van der Waals surface area contributed by atoms with Crippen molar-refractivity contribution < 1.29 is 4.79 Å². The maximum absolute atomic E-state index is 11.9. The van der Waals surface area contributed by atoms with E-state index in [9.17, 15) is 4.79 Å². The number of hydrogen-bond donors (Lipinski definition) is 1. The molecule has 4 nitrogen and oxygen atoms in total. The Morgan fingerprint density at radius 3 is 2.62 bits per heavy atom. The minimum absolute atomic E-state index is 0.102. The molecule has 1 heterocycles. The first kappa shape index (κ1) is 15.5. The molecule has 4 heteroatoms. The average Bonchev–Trinajstić information content (AvgIpc) is 3.05. The second-order valence-corrected chi connectivity index (χ2v) is 5.72. The van der Waals surface area contributed by atoms with Crippen LogP contribution in [0.25, 0.3) is 0 Å². The first-order valence-corrected chi connectivity index (χ1v) is 7.69. The summed E-state index contributed by atoms with van der Waals surface area (Å²) in [5.41, 5.74) is 1.67. The molecule has 1 aliphatic rings. The summed E-state index contributed by atoms with van der Waals surface area (Å²) in [6.45, 7) is 5.09. The van der Waals surface area contributed by atoms with Crippen molar-refractivity contribution in [3.8, 4) is 6.07 Å². The van der Waals surface area contributed by atoms with Crippen LogP contribution in [0, 0.1) is 11.3 Å². The van der Waals surface area contributed by atoms with Crippen molar-refractivity contribution in [1.82, 2.24) is 10.2 Å². The zero-order valence-electron chi connectivity index (χ0n) is 12.6. The molecule has 1 amide bonds. The molecule has 0 radical (unpaired) electrons. The number of rotatable bonds is 6. The van der Waals surface area contributed by atoms with Crippen molar-refractivity contribution in [1.29, 1.82) is 5.26 Å². The van der Waals surface area contributed by atoms with E-state index in [-0.39, 0.29) is 5.91 Å². The Kier molecular flexibility index (Phi) is 5.77. The van der Waals surface area contributed by atoms with Crippen molar-refractivity contribution in [2.75, 3.05) is 13.1 Å². The minimum atomic E-state index is 0.102. The highest BCUT2D eigenvalue weighted by Gasteiger charge is 2.18. The highest BCUT2D eigenvalue weighted by molar-refractivity contribution is 5.75. The molecule has 1 N–H and O–H groups in total. The number of nitriles is 1. The van der Waals surface area contributed by atoms with E-state index >= 15 is 0 Å². The summed E-state index contributed by atoms with van der Waals surface area (Å²) >= 11 is 0. The van der Waals surface area contributed by atoms with Gasteiger partial charge < -0.3 is 10.2 Å². The topological polar surface area (TPSA) is 56.1 Å². The van der Waals surface area contributed by atoms with Gasteiger partial charge in [-0.3, -0.25) is 4.79 Å². The van der Waals surface area contributed by atoms with Crippen LogP contribution >= 0.6 is 0 Å². The van der Waals surface area contributed by atoms with Gasteiger partial charge in [-0.15, -0.1) is 0 Å². The van der Waals surface area contributed by atoms with Gasteiger partial charge in [-0.05, 0) is 57.0 Å². The van der Waals surface area contributed by atoms with Gasteiger partial charge >= 0.3 is 0 Å². The van der Waals surface area contributed by atoms with E-state index in [1.165, 1.54) is 25.9 Å². The molecular formula is C17H23N3O. The van der Waals surface area contributed by atoms with E-state index in [0.717, 1.165) is 12.0 Å². The van der Waals surface area contributed by atoms with Crippen LogP contribution < -0.4 is 5.32 Å². The number of likely N-dealkylation sites (tertiary alicyclic amines) is 1. The predicted octanol–water partition coefficient (Wildman–Crippen LogP) is 2.44. The molecule has 0 aliphatic carbocycles. The van der Waals surface area contributed by atoms with Crippen molar-refractivity contribution in [2.24, 2.45) is 0 Å². The molecule has 0 bridgehead atoms. The maximum Gasteiger partial charge on any atom is 0.220 e. The SMILES string of the molecule is C[C@@H](CCC(=O)NCc1ccc(C#N)cc1)N1CCCC1. The first-order chi connectivity index (χ1) is 10.2. The molecule has 1 fully saturated rings. The van der Waals surface area contributed by atoms with E-state index in [1.807, 2.05) is 12.1 Å². The van der Waals surface area contributed by atoms with Gasteiger partial charge in [-0.25, -0.2) is 0 Å². The molecule has 2 rings (SSSR count). The number of carbonyl (C=O) groups is 1. The largest absolute Gasteiger partial charge is 0.352 e. The van der Waals surface area contributed by atoms with E-state index < -0.39 is 0 Å². The van der Waals surface area contributed by atoms with Crippen molar-refractivity contribution in [2.45, 2.75) is 45.2 Å². The molecule has 0 aromatic heterocycles. The number of amides is 1. The van der Waals surface area contributed by atoms with E-state index in [1.54, 1.807) is 12.1 Å². The molecule has 1 atom stereocenters. The fraction of sp³-hybridized carbons (Fsp3) is 0.529. The zero-order chi connectivity index (χ0) is 15.1. The van der Waals surface area contributed by atoms with Gasteiger partial charge in [0.2, 0.25) is 5.91 Å². The lowest BCUT2D eigenvalue weighted by Gasteiger charge is -2.23. The summed E-state index contributed by atoms with van der Waals surface area (Å²) in [4.78, 5) is 14.3. The van der Waals surface area contributed by atoms with Gasteiger partial charge in [0.25, 0.3) is 0 Å². The van der Waals surface area contributed by atoms with Gasteiger partial charge in [0.1, 0.15) is 0 Å². The Labute approximate surface area is 126 Å². The Morgan fingerprint density at radius 2 is 2.00 bits per heavy atom. The standard InChI is InChI=1S/C17H23N3O/c1-14(20-10-2-3-11-20)4-9-17(21)19-13-16-7-5-15(12-18)6-8-16/h5-8,14H,2-4,9-11,13H2,1H3,(H,19,21)/t14-/m0/s1. The molecule has 0 saturated carbocycles. The van der Waals surface area contributed by atoms with Crippen LogP contribution in [0.5, 0.6) is 0 Å². The van der Waals surface area contributed by atoms with E-state index in [4.69, 9.17) is 5.26 Å². The maximum atomic E-state index is 11.9. The van der Waals surface area contributed by atoms with Gasteiger partial charge in [0.15, 0.2) is 0 Å². The molecule has 0 unspecified atom stereocenters. The van der Waals surface area contributed by atoms with Crippen molar-refractivity contribution in [3.63, 3.8) is 0 Å². The van der Waals surface area contributed by atoms with Gasteiger partial charge in [0, 0.05) is 19.0 Å². The Hall–Kier alpha value is -1.86. The summed E-state index contributed by atoms with van der Waals surface area (Å²) < 4.78 is 0. The fourth-order valence-corrected chi connectivity index (χ4v) is 2.69. The lowest BCUT2D eigenvalue weighted by molar-refractivity contribution is -0.121. The highest BCUT2D eigenvalue weighted by atomic mass is 16.1. The van der Waals surface area contributed by atoms with Gasteiger partial charge in [-0.1, -0.05) is 12.1 Å². The lowest BCUT2D eigenvalue weighted by atomic mass is 10.1. The quantitative estimate of drug-likeness (QED) is 0.873. The Bertz CT molecular complexity index is 498. The summed E-state index contributed by atoms with van der Waals surface area (Å²) in [7, 11) is 0. The van der Waals surface area contributed by atoms with Gasteiger partial charge in [-0.2, -0.15) is 5.26 Å². The van der Waals surface area contributed by atoms with Crippen molar-refractivity contribution >= 4 is 5.91 Å². The third kappa shape index (κ3) is 4.87. The molecule has 112 valence electrons.